The minimum Gasteiger partial charge on any atom is -0.378 e. The Kier molecular flexibility index (Phi) is 5.54. The van der Waals surface area contributed by atoms with Gasteiger partial charge < -0.3 is 14.2 Å². The number of carbonyl (C=O) groups is 1. The van der Waals surface area contributed by atoms with Gasteiger partial charge in [0.25, 0.3) is 5.91 Å². The van der Waals surface area contributed by atoms with Crippen LogP contribution >= 0.6 is 0 Å². The molecule has 0 spiro atoms. The number of amides is 1. The number of piperidine rings is 1. The number of likely N-dealkylation sites (tertiary alicyclic amines) is 1. The van der Waals surface area contributed by atoms with Crippen LogP contribution in [0.2, 0.25) is 0 Å². The summed E-state index contributed by atoms with van der Waals surface area (Å²) in [6.07, 6.45) is 7.35. The number of rotatable bonds is 5. The molecule has 0 radical (unpaired) electrons. The first-order chi connectivity index (χ1) is 13.3. The normalized spacial score (nSPS) is 21.5. The summed E-state index contributed by atoms with van der Waals surface area (Å²) >= 11 is 0. The summed E-state index contributed by atoms with van der Waals surface area (Å²) in [6, 6.07) is 2.19. The van der Waals surface area contributed by atoms with Gasteiger partial charge in [-0.2, -0.15) is 5.10 Å². The lowest BCUT2D eigenvalue weighted by atomic mass is 9.99. The molecule has 146 valence electrons. The molecule has 0 unspecified atom stereocenters. The van der Waals surface area contributed by atoms with Gasteiger partial charge in [0.15, 0.2) is 0 Å². The van der Waals surface area contributed by atoms with Crippen molar-refractivity contribution in [2.24, 2.45) is 0 Å². The predicted molar refractivity (Wildman–Crippen MR) is 100 cm³/mol. The number of aromatic nitrogens is 4. The van der Waals surface area contributed by atoms with E-state index in [0.29, 0.717) is 32.0 Å². The SMILES string of the molecule is CCn1ccnc1CN1CCCC[C@@H]1c1cc(C(=O)N2CCOCC2)n[nH]1. The molecule has 4 heterocycles. The fourth-order valence-electron chi connectivity index (χ4n) is 4.04. The first-order valence-corrected chi connectivity index (χ1v) is 9.92. The van der Waals surface area contributed by atoms with Gasteiger partial charge in [0, 0.05) is 32.0 Å². The summed E-state index contributed by atoms with van der Waals surface area (Å²) in [5, 5.41) is 7.46. The molecule has 0 bridgehead atoms. The molecule has 2 fully saturated rings. The zero-order chi connectivity index (χ0) is 18.6. The highest BCUT2D eigenvalue weighted by atomic mass is 16.5. The molecular weight excluding hydrogens is 344 g/mol. The van der Waals surface area contributed by atoms with Gasteiger partial charge in [-0.05, 0) is 32.4 Å². The number of nitrogens with zero attached hydrogens (tertiary/aromatic N) is 5. The van der Waals surface area contributed by atoms with Crippen LogP contribution < -0.4 is 0 Å². The third-order valence-corrected chi connectivity index (χ3v) is 5.57. The highest BCUT2D eigenvalue weighted by Crippen LogP contribution is 2.31. The van der Waals surface area contributed by atoms with Gasteiger partial charge in [0.2, 0.25) is 0 Å². The van der Waals surface area contributed by atoms with Crippen molar-refractivity contribution in [1.82, 2.24) is 29.5 Å². The molecule has 0 saturated carbocycles. The second kappa shape index (κ2) is 8.22. The highest BCUT2D eigenvalue weighted by molar-refractivity contribution is 5.92. The summed E-state index contributed by atoms with van der Waals surface area (Å²) in [5.41, 5.74) is 1.54. The van der Waals surface area contributed by atoms with Gasteiger partial charge in [-0.15, -0.1) is 0 Å². The molecule has 1 atom stereocenters. The summed E-state index contributed by atoms with van der Waals surface area (Å²) in [5.74, 6) is 1.08. The standard InChI is InChI=1S/C19H28N6O2/c1-2-23-8-6-20-18(23)14-25-7-4-3-5-17(25)15-13-16(22-21-15)19(26)24-9-11-27-12-10-24/h6,8,13,17H,2-5,7,9-12,14H2,1H3,(H,21,22)/t17-/m1/s1. The molecule has 8 nitrogen and oxygen atoms in total. The Morgan fingerprint density at radius 1 is 1.30 bits per heavy atom. The minimum absolute atomic E-state index is 0.00955. The number of aryl methyl sites for hydroxylation is 1. The van der Waals surface area contributed by atoms with Crippen LogP contribution in [0.5, 0.6) is 0 Å². The monoisotopic (exact) mass is 372 g/mol. The molecule has 2 aliphatic rings. The van der Waals surface area contributed by atoms with Crippen LogP contribution in [0.15, 0.2) is 18.5 Å². The molecule has 1 N–H and O–H groups in total. The summed E-state index contributed by atoms with van der Waals surface area (Å²) in [7, 11) is 0. The number of morpholine rings is 1. The first-order valence-electron chi connectivity index (χ1n) is 9.92. The topological polar surface area (TPSA) is 79.3 Å². The van der Waals surface area contributed by atoms with Crippen molar-refractivity contribution in [2.45, 2.75) is 45.3 Å². The highest BCUT2D eigenvalue weighted by Gasteiger charge is 2.28. The second-order valence-corrected chi connectivity index (χ2v) is 7.22. The van der Waals surface area contributed by atoms with Gasteiger partial charge in [-0.1, -0.05) is 6.42 Å². The Bertz CT molecular complexity index is 764. The van der Waals surface area contributed by atoms with Crippen LogP contribution in [-0.4, -0.2) is 68.3 Å². The first kappa shape index (κ1) is 18.2. The van der Waals surface area contributed by atoms with E-state index in [9.17, 15) is 4.79 Å². The predicted octanol–water partition coefficient (Wildman–Crippen LogP) is 1.83. The van der Waals surface area contributed by atoms with E-state index in [2.05, 4.69) is 31.6 Å². The van der Waals surface area contributed by atoms with E-state index in [4.69, 9.17) is 4.74 Å². The maximum atomic E-state index is 12.7. The molecule has 0 aromatic carbocycles. The Balaban J connectivity index is 1.49. The fraction of sp³-hybridized carbons (Fsp3) is 0.632. The minimum atomic E-state index is -0.00955. The van der Waals surface area contributed by atoms with E-state index in [1.165, 1.54) is 12.8 Å². The number of ether oxygens (including phenoxy) is 1. The van der Waals surface area contributed by atoms with Gasteiger partial charge in [0.05, 0.1) is 31.5 Å². The number of aromatic amines is 1. The summed E-state index contributed by atoms with van der Waals surface area (Å²) in [6.45, 7) is 7.39. The van der Waals surface area contributed by atoms with Gasteiger partial charge in [0.1, 0.15) is 11.5 Å². The largest absolute Gasteiger partial charge is 0.378 e. The van der Waals surface area contributed by atoms with E-state index in [1.54, 1.807) is 0 Å². The smallest absolute Gasteiger partial charge is 0.274 e. The quantitative estimate of drug-likeness (QED) is 0.866. The average Bonchev–Trinajstić information content (AvgIpc) is 3.38. The molecular formula is C19H28N6O2. The molecule has 1 amide bonds. The van der Waals surface area contributed by atoms with E-state index in [1.807, 2.05) is 23.4 Å². The molecule has 27 heavy (non-hydrogen) atoms. The Morgan fingerprint density at radius 2 is 2.15 bits per heavy atom. The number of H-pyrrole nitrogens is 1. The molecule has 0 aliphatic carbocycles. The van der Waals surface area contributed by atoms with Crippen molar-refractivity contribution in [3.05, 3.63) is 35.7 Å². The molecule has 2 aromatic heterocycles. The number of carbonyl (C=O) groups excluding carboxylic acids is 1. The Labute approximate surface area is 159 Å². The number of hydrogen-bond donors (Lipinski definition) is 1. The van der Waals surface area contributed by atoms with Crippen LogP contribution in [0.25, 0.3) is 0 Å². The lowest BCUT2D eigenvalue weighted by Gasteiger charge is -2.34. The summed E-state index contributed by atoms with van der Waals surface area (Å²) in [4.78, 5) is 21.5. The maximum absolute atomic E-state index is 12.7. The van der Waals surface area contributed by atoms with Crippen molar-refractivity contribution < 1.29 is 9.53 Å². The van der Waals surface area contributed by atoms with E-state index in [-0.39, 0.29) is 11.9 Å². The van der Waals surface area contributed by atoms with Crippen molar-refractivity contribution in [3.8, 4) is 0 Å². The zero-order valence-electron chi connectivity index (χ0n) is 15.9. The van der Waals surface area contributed by atoms with Crippen molar-refractivity contribution in [1.29, 1.82) is 0 Å². The Hall–Kier alpha value is -2.19. The fourth-order valence-corrected chi connectivity index (χ4v) is 4.04. The lowest BCUT2D eigenvalue weighted by molar-refractivity contribution is 0.0299. The molecule has 2 saturated heterocycles. The van der Waals surface area contributed by atoms with E-state index >= 15 is 0 Å². The van der Waals surface area contributed by atoms with Gasteiger partial charge in [-0.3, -0.25) is 14.8 Å². The lowest BCUT2D eigenvalue weighted by Crippen LogP contribution is -2.40. The average molecular weight is 372 g/mol. The Morgan fingerprint density at radius 3 is 2.96 bits per heavy atom. The molecule has 2 aliphatic heterocycles. The van der Waals surface area contributed by atoms with Crippen LogP contribution in [-0.2, 0) is 17.8 Å². The zero-order valence-corrected chi connectivity index (χ0v) is 15.9. The van der Waals surface area contributed by atoms with E-state index in [0.717, 1.165) is 37.6 Å². The summed E-state index contributed by atoms with van der Waals surface area (Å²) < 4.78 is 7.52. The third kappa shape index (κ3) is 3.91. The molecule has 4 rings (SSSR count). The van der Waals surface area contributed by atoms with Crippen molar-refractivity contribution >= 4 is 5.91 Å². The van der Waals surface area contributed by atoms with Crippen molar-refractivity contribution in [2.75, 3.05) is 32.8 Å². The van der Waals surface area contributed by atoms with Crippen LogP contribution in [0.3, 0.4) is 0 Å². The molecule has 2 aromatic rings. The number of hydrogen-bond acceptors (Lipinski definition) is 5. The van der Waals surface area contributed by atoms with Crippen LogP contribution in [0.1, 0.15) is 54.2 Å². The maximum Gasteiger partial charge on any atom is 0.274 e. The number of nitrogens with one attached hydrogen (secondary N) is 1. The number of imidazole rings is 1. The molecule has 8 heteroatoms. The second-order valence-electron chi connectivity index (χ2n) is 7.22. The third-order valence-electron chi connectivity index (χ3n) is 5.57. The van der Waals surface area contributed by atoms with Crippen LogP contribution in [0.4, 0.5) is 0 Å². The van der Waals surface area contributed by atoms with Crippen LogP contribution in [0, 0.1) is 0 Å². The van der Waals surface area contributed by atoms with Gasteiger partial charge in [-0.25, -0.2) is 4.98 Å². The van der Waals surface area contributed by atoms with Gasteiger partial charge >= 0.3 is 0 Å². The van der Waals surface area contributed by atoms with E-state index < -0.39 is 0 Å². The van der Waals surface area contributed by atoms with Crippen molar-refractivity contribution in [3.63, 3.8) is 0 Å².